The Morgan fingerprint density at radius 1 is 1.50 bits per heavy atom. The molecule has 1 aliphatic heterocycles. The number of rotatable bonds is 4. The summed E-state index contributed by atoms with van der Waals surface area (Å²) in [7, 11) is 4.09. The fourth-order valence-electron chi connectivity index (χ4n) is 2.21. The van der Waals surface area contributed by atoms with Crippen molar-refractivity contribution in [2.75, 3.05) is 27.2 Å². The van der Waals surface area contributed by atoms with Crippen molar-refractivity contribution in [3.63, 3.8) is 0 Å². The summed E-state index contributed by atoms with van der Waals surface area (Å²) >= 11 is 0. The summed E-state index contributed by atoms with van der Waals surface area (Å²) in [5.41, 5.74) is 5.93. The van der Waals surface area contributed by atoms with Crippen molar-refractivity contribution < 1.29 is 4.79 Å². The molecule has 2 N–H and O–H groups in total. The molecular formula is C12H25N3O. The van der Waals surface area contributed by atoms with E-state index >= 15 is 0 Å². The van der Waals surface area contributed by atoms with E-state index in [0.29, 0.717) is 6.04 Å². The zero-order valence-electron chi connectivity index (χ0n) is 10.9. The standard InChI is InChI=1S/C12H25N3O/c1-9(2)11(13)12(16)15-7-5-6-10(15)8-14(3)4/h9-11H,5-8,13H2,1-4H3/t10?,11-/m0/s1. The van der Waals surface area contributed by atoms with E-state index in [0.717, 1.165) is 25.9 Å². The lowest BCUT2D eigenvalue weighted by Gasteiger charge is -2.30. The van der Waals surface area contributed by atoms with E-state index in [9.17, 15) is 4.79 Å². The second-order valence-corrected chi connectivity index (χ2v) is 5.36. The van der Waals surface area contributed by atoms with Crippen LogP contribution in [-0.2, 0) is 4.79 Å². The first-order chi connectivity index (χ1) is 7.43. The zero-order chi connectivity index (χ0) is 12.3. The molecular weight excluding hydrogens is 202 g/mol. The minimum atomic E-state index is -0.345. The SMILES string of the molecule is CC(C)[C@H](N)C(=O)N1CCCC1CN(C)C. The van der Waals surface area contributed by atoms with Crippen molar-refractivity contribution in [3.05, 3.63) is 0 Å². The lowest BCUT2D eigenvalue weighted by atomic mass is 10.0. The van der Waals surface area contributed by atoms with E-state index in [1.807, 2.05) is 32.8 Å². The van der Waals surface area contributed by atoms with Crippen LogP contribution in [0.25, 0.3) is 0 Å². The molecule has 16 heavy (non-hydrogen) atoms. The van der Waals surface area contributed by atoms with Gasteiger partial charge >= 0.3 is 0 Å². The molecule has 1 amide bonds. The molecule has 1 heterocycles. The summed E-state index contributed by atoms with van der Waals surface area (Å²) in [6, 6.07) is 0.00932. The summed E-state index contributed by atoms with van der Waals surface area (Å²) in [6.07, 6.45) is 2.21. The number of nitrogens with two attached hydrogens (primary N) is 1. The normalized spacial score (nSPS) is 23.2. The van der Waals surface area contributed by atoms with Crippen LogP contribution in [0.3, 0.4) is 0 Å². The maximum atomic E-state index is 12.2. The molecule has 1 saturated heterocycles. The Morgan fingerprint density at radius 3 is 2.62 bits per heavy atom. The van der Waals surface area contributed by atoms with Gasteiger partial charge in [-0.05, 0) is 32.9 Å². The number of nitrogens with zero attached hydrogens (tertiary/aromatic N) is 2. The van der Waals surface area contributed by atoms with Crippen LogP contribution in [0.5, 0.6) is 0 Å². The van der Waals surface area contributed by atoms with Gasteiger partial charge in [0.15, 0.2) is 0 Å². The summed E-state index contributed by atoms with van der Waals surface area (Å²) in [4.78, 5) is 16.3. The molecule has 0 aliphatic carbocycles. The van der Waals surface area contributed by atoms with Gasteiger partial charge in [-0.1, -0.05) is 13.8 Å². The van der Waals surface area contributed by atoms with Crippen molar-refractivity contribution >= 4 is 5.91 Å². The molecule has 2 atom stereocenters. The molecule has 0 aromatic rings. The van der Waals surface area contributed by atoms with Crippen LogP contribution in [0.15, 0.2) is 0 Å². The lowest BCUT2D eigenvalue weighted by molar-refractivity contribution is -0.134. The fourth-order valence-corrected chi connectivity index (χ4v) is 2.21. The molecule has 0 aromatic carbocycles. The quantitative estimate of drug-likeness (QED) is 0.762. The molecule has 1 unspecified atom stereocenters. The number of carbonyl (C=O) groups excluding carboxylic acids is 1. The Bertz CT molecular complexity index is 240. The third-order valence-corrected chi connectivity index (χ3v) is 3.24. The second kappa shape index (κ2) is 5.64. The van der Waals surface area contributed by atoms with Gasteiger partial charge in [0.05, 0.1) is 6.04 Å². The molecule has 1 fully saturated rings. The predicted molar refractivity (Wildman–Crippen MR) is 66.1 cm³/mol. The third kappa shape index (κ3) is 3.19. The van der Waals surface area contributed by atoms with Crippen LogP contribution in [0, 0.1) is 5.92 Å². The van der Waals surface area contributed by atoms with Gasteiger partial charge in [0.1, 0.15) is 0 Å². The van der Waals surface area contributed by atoms with E-state index in [-0.39, 0.29) is 17.9 Å². The first kappa shape index (κ1) is 13.5. The Hall–Kier alpha value is -0.610. The summed E-state index contributed by atoms with van der Waals surface area (Å²) in [5, 5.41) is 0. The van der Waals surface area contributed by atoms with E-state index in [1.54, 1.807) is 0 Å². The minimum Gasteiger partial charge on any atom is -0.337 e. The molecule has 1 rings (SSSR count). The van der Waals surface area contributed by atoms with E-state index in [4.69, 9.17) is 5.73 Å². The highest BCUT2D eigenvalue weighted by Crippen LogP contribution is 2.19. The van der Waals surface area contributed by atoms with Crippen LogP contribution < -0.4 is 5.73 Å². The molecule has 0 bridgehead atoms. The first-order valence-corrected chi connectivity index (χ1v) is 6.14. The highest BCUT2D eigenvalue weighted by atomic mass is 16.2. The Balaban J connectivity index is 2.60. The van der Waals surface area contributed by atoms with Crippen molar-refractivity contribution in [2.24, 2.45) is 11.7 Å². The highest BCUT2D eigenvalue weighted by molar-refractivity contribution is 5.82. The van der Waals surface area contributed by atoms with Crippen molar-refractivity contribution in [3.8, 4) is 0 Å². The van der Waals surface area contributed by atoms with Crippen molar-refractivity contribution in [2.45, 2.75) is 38.8 Å². The second-order valence-electron chi connectivity index (χ2n) is 5.36. The summed E-state index contributed by atoms with van der Waals surface area (Å²) in [5.74, 6) is 0.340. The maximum Gasteiger partial charge on any atom is 0.240 e. The van der Waals surface area contributed by atoms with E-state index in [1.165, 1.54) is 0 Å². The Labute approximate surface area is 98.8 Å². The third-order valence-electron chi connectivity index (χ3n) is 3.24. The van der Waals surface area contributed by atoms with Gasteiger partial charge in [-0.15, -0.1) is 0 Å². The summed E-state index contributed by atoms with van der Waals surface area (Å²) in [6.45, 7) is 5.81. The molecule has 4 heteroatoms. The van der Waals surface area contributed by atoms with Gasteiger partial charge in [-0.3, -0.25) is 4.79 Å². The van der Waals surface area contributed by atoms with Crippen LogP contribution in [0.4, 0.5) is 0 Å². The molecule has 0 radical (unpaired) electrons. The van der Waals surface area contributed by atoms with Crippen molar-refractivity contribution in [1.82, 2.24) is 9.80 Å². The van der Waals surface area contributed by atoms with E-state index in [2.05, 4.69) is 4.90 Å². The number of hydrogen-bond acceptors (Lipinski definition) is 3. The van der Waals surface area contributed by atoms with Crippen LogP contribution >= 0.6 is 0 Å². The van der Waals surface area contributed by atoms with Gasteiger partial charge in [-0.2, -0.15) is 0 Å². The molecule has 4 nitrogen and oxygen atoms in total. The monoisotopic (exact) mass is 227 g/mol. The van der Waals surface area contributed by atoms with Gasteiger partial charge in [0, 0.05) is 19.1 Å². The average Bonchev–Trinajstić information content (AvgIpc) is 2.62. The van der Waals surface area contributed by atoms with Gasteiger partial charge < -0.3 is 15.5 Å². The van der Waals surface area contributed by atoms with Gasteiger partial charge in [0.2, 0.25) is 5.91 Å². The zero-order valence-corrected chi connectivity index (χ0v) is 10.9. The minimum absolute atomic E-state index is 0.124. The number of likely N-dealkylation sites (tertiary alicyclic amines) is 1. The Morgan fingerprint density at radius 2 is 2.12 bits per heavy atom. The van der Waals surface area contributed by atoms with Crippen LogP contribution in [-0.4, -0.2) is 55.0 Å². The van der Waals surface area contributed by atoms with E-state index < -0.39 is 0 Å². The number of carbonyl (C=O) groups is 1. The molecule has 1 aliphatic rings. The van der Waals surface area contributed by atoms with Crippen LogP contribution in [0.1, 0.15) is 26.7 Å². The number of amides is 1. The number of likely N-dealkylation sites (N-methyl/N-ethyl adjacent to an activating group) is 1. The smallest absolute Gasteiger partial charge is 0.240 e. The predicted octanol–water partition coefficient (Wildman–Crippen LogP) is 0.522. The highest BCUT2D eigenvalue weighted by Gasteiger charge is 2.32. The molecule has 0 saturated carbocycles. The maximum absolute atomic E-state index is 12.2. The lowest BCUT2D eigenvalue weighted by Crippen LogP contribution is -2.50. The number of hydrogen-bond donors (Lipinski definition) is 1. The topological polar surface area (TPSA) is 49.6 Å². The van der Waals surface area contributed by atoms with Gasteiger partial charge in [0.25, 0.3) is 0 Å². The average molecular weight is 227 g/mol. The molecule has 94 valence electrons. The van der Waals surface area contributed by atoms with Crippen molar-refractivity contribution in [1.29, 1.82) is 0 Å². The van der Waals surface area contributed by atoms with Crippen LogP contribution in [0.2, 0.25) is 0 Å². The van der Waals surface area contributed by atoms with Gasteiger partial charge in [-0.25, -0.2) is 0 Å². The molecule has 0 aromatic heterocycles. The summed E-state index contributed by atoms with van der Waals surface area (Å²) < 4.78 is 0. The molecule has 0 spiro atoms. The fraction of sp³-hybridized carbons (Fsp3) is 0.917. The Kier molecular flexibility index (Phi) is 4.74. The largest absolute Gasteiger partial charge is 0.337 e. The first-order valence-electron chi connectivity index (χ1n) is 6.14.